The largest absolute Gasteiger partial charge is 0.372 e. The van der Waals surface area contributed by atoms with Crippen LogP contribution in [0.15, 0.2) is 134 Å². The van der Waals surface area contributed by atoms with Gasteiger partial charge in [0.15, 0.2) is 0 Å². The maximum absolute atomic E-state index is 4.27. The van der Waals surface area contributed by atoms with Crippen LogP contribution in [0.5, 0.6) is 0 Å². The summed E-state index contributed by atoms with van der Waals surface area (Å²) in [4.78, 5) is 13.6. The molecule has 0 saturated carbocycles. The molecule has 7 aromatic rings. The SMILES string of the molecule is CCCCN(CCCC)c1ccc(/C=C/c2ccc3c(/C=C/c4ccncc4)c4cc(/C=C/c5ccc(N(CCCC)CCCC)cc5)ccc4c(/C=C/c4ccncc4)c3c2)cc1. The van der Waals surface area contributed by atoms with Gasteiger partial charge >= 0.3 is 0 Å². The fourth-order valence-corrected chi connectivity index (χ4v) is 8.32. The Kier molecular flexibility index (Phi) is 16.9. The number of nitrogens with zero attached hydrogens (tertiary/aromatic N) is 4. The number of fused-ring (bicyclic) bond motifs is 2. The van der Waals surface area contributed by atoms with E-state index >= 15 is 0 Å². The molecule has 0 spiro atoms. The molecule has 0 N–H and O–H groups in total. The molecule has 2 aromatic heterocycles. The van der Waals surface area contributed by atoms with Gasteiger partial charge in [-0.3, -0.25) is 9.97 Å². The Morgan fingerprint density at radius 2 is 0.625 bits per heavy atom. The minimum atomic E-state index is 1.11. The van der Waals surface area contributed by atoms with Gasteiger partial charge in [-0.2, -0.15) is 0 Å². The predicted molar refractivity (Wildman–Crippen MR) is 283 cm³/mol. The molecule has 4 nitrogen and oxygen atoms in total. The zero-order valence-corrected chi connectivity index (χ0v) is 38.6. The third-order valence-electron chi connectivity index (χ3n) is 12.1. The summed E-state index contributed by atoms with van der Waals surface area (Å²) in [5, 5.41) is 4.84. The molecule has 0 saturated heterocycles. The van der Waals surface area contributed by atoms with E-state index in [1.54, 1.807) is 0 Å². The first-order chi connectivity index (χ1) is 31.6. The van der Waals surface area contributed by atoms with Crippen LogP contribution in [0.4, 0.5) is 11.4 Å². The third kappa shape index (κ3) is 12.3. The van der Waals surface area contributed by atoms with E-state index < -0.39 is 0 Å². The first-order valence-electron chi connectivity index (χ1n) is 23.8. The molecule has 4 heteroatoms. The number of unbranched alkanes of at least 4 members (excludes halogenated alkanes) is 4. The summed E-state index contributed by atoms with van der Waals surface area (Å²) >= 11 is 0. The van der Waals surface area contributed by atoms with E-state index in [2.05, 4.69) is 205 Å². The smallest absolute Gasteiger partial charge is 0.0366 e. The van der Waals surface area contributed by atoms with E-state index in [-0.39, 0.29) is 0 Å². The lowest BCUT2D eigenvalue weighted by molar-refractivity contribution is 0.678. The van der Waals surface area contributed by atoms with Gasteiger partial charge in [-0.05, 0) is 152 Å². The van der Waals surface area contributed by atoms with Gasteiger partial charge in [0.25, 0.3) is 0 Å². The van der Waals surface area contributed by atoms with Crippen LogP contribution in [0, 0.1) is 0 Å². The number of benzene rings is 5. The molecule has 5 aromatic carbocycles. The molecular weight excluding hydrogens is 777 g/mol. The maximum atomic E-state index is 4.27. The van der Waals surface area contributed by atoms with E-state index in [0.717, 1.165) is 48.4 Å². The number of aromatic nitrogens is 2. The van der Waals surface area contributed by atoms with Crippen LogP contribution in [0.3, 0.4) is 0 Å². The number of pyridine rings is 2. The molecule has 7 rings (SSSR count). The lowest BCUT2D eigenvalue weighted by Gasteiger charge is -2.24. The predicted octanol–water partition coefficient (Wildman–Crippen LogP) is 16.3. The van der Waals surface area contributed by atoms with Crippen molar-refractivity contribution in [3.05, 3.63) is 178 Å². The minimum absolute atomic E-state index is 1.11. The van der Waals surface area contributed by atoms with Crippen molar-refractivity contribution in [2.45, 2.75) is 79.1 Å². The van der Waals surface area contributed by atoms with Crippen LogP contribution in [-0.4, -0.2) is 36.1 Å². The summed E-state index contributed by atoms with van der Waals surface area (Å²) in [6.45, 7) is 13.5. The van der Waals surface area contributed by atoms with Crippen molar-refractivity contribution in [2.75, 3.05) is 36.0 Å². The molecule has 0 unspecified atom stereocenters. The molecule has 0 aliphatic heterocycles. The fraction of sp³-hybridized carbons (Fsp3) is 0.267. The molecule has 0 amide bonds. The van der Waals surface area contributed by atoms with Gasteiger partial charge in [0.2, 0.25) is 0 Å². The molecule has 0 atom stereocenters. The van der Waals surface area contributed by atoms with Gasteiger partial charge in [0.05, 0.1) is 0 Å². The van der Waals surface area contributed by atoms with E-state index in [0.29, 0.717) is 0 Å². The standard InChI is InChI=1S/C60H66N4/c1-5-9-41-63(42-10-6-2)53-25-17-47(18-26-53)13-15-51-23-31-57-56(30-22-50-35-39-62-40-36-50)60-46-52(16-14-48-19-27-54(28-20-48)64(43-11-7-3)44-12-8-4)24-32-58(60)55(59(57)45-51)29-21-49-33-37-61-38-34-49/h13-40,45-46H,5-12,41-44H2,1-4H3/b15-13+,16-14+,29-21+,30-22+. The van der Waals surface area contributed by atoms with Crippen molar-refractivity contribution in [3.63, 3.8) is 0 Å². The first-order valence-corrected chi connectivity index (χ1v) is 23.8. The summed E-state index contributed by atoms with van der Waals surface area (Å²) in [5.74, 6) is 0. The Bertz CT molecular complexity index is 2440. The van der Waals surface area contributed by atoms with Gasteiger partial charge in [-0.1, -0.05) is 151 Å². The monoisotopic (exact) mass is 843 g/mol. The highest BCUT2D eigenvalue weighted by Gasteiger charge is 2.13. The van der Waals surface area contributed by atoms with Gasteiger partial charge in [-0.25, -0.2) is 0 Å². The van der Waals surface area contributed by atoms with E-state index in [1.807, 2.05) is 24.8 Å². The van der Waals surface area contributed by atoms with Gasteiger partial charge in [0, 0.05) is 62.3 Å². The Morgan fingerprint density at radius 1 is 0.328 bits per heavy atom. The quantitative estimate of drug-likeness (QED) is 0.0503. The summed E-state index contributed by atoms with van der Waals surface area (Å²) < 4.78 is 0. The molecular formula is C60H66N4. The average molecular weight is 843 g/mol. The summed E-state index contributed by atoms with van der Waals surface area (Å²) in [6, 6.07) is 40.3. The second-order valence-corrected chi connectivity index (χ2v) is 16.9. The zero-order valence-electron chi connectivity index (χ0n) is 38.6. The van der Waals surface area contributed by atoms with E-state index in [1.165, 1.54) is 107 Å². The minimum Gasteiger partial charge on any atom is -0.372 e. The normalized spacial score (nSPS) is 11.9. The summed E-state index contributed by atoms with van der Waals surface area (Å²) in [7, 11) is 0. The van der Waals surface area contributed by atoms with Crippen LogP contribution in [0.2, 0.25) is 0 Å². The van der Waals surface area contributed by atoms with Crippen molar-refractivity contribution in [3.8, 4) is 0 Å². The fourth-order valence-electron chi connectivity index (χ4n) is 8.32. The van der Waals surface area contributed by atoms with Crippen LogP contribution < -0.4 is 9.80 Å². The van der Waals surface area contributed by atoms with Crippen molar-refractivity contribution in [2.24, 2.45) is 0 Å². The Hall–Kier alpha value is -6.52. The summed E-state index contributed by atoms with van der Waals surface area (Å²) in [5.41, 5.74) is 12.0. The highest BCUT2D eigenvalue weighted by Crippen LogP contribution is 2.37. The van der Waals surface area contributed by atoms with Gasteiger partial charge in [-0.15, -0.1) is 0 Å². The van der Waals surface area contributed by atoms with E-state index in [9.17, 15) is 0 Å². The Balaban J connectivity index is 1.28. The molecule has 326 valence electrons. The van der Waals surface area contributed by atoms with Crippen molar-refractivity contribution < 1.29 is 0 Å². The molecule has 0 aliphatic rings. The Morgan fingerprint density at radius 3 is 0.969 bits per heavy atom. The van der Waals surface area contributed by atoms with Crippen LogP contribution in [-0.2, 0) is 0 Å². The second-order valence-electron chi connectivity index (χ2n) is 16.9. The highest BCUT2D eigenvalue weighted by atomic mass is 15.1. The van der Waals surface area contributed by atoms with Crippen LogP contribution >= 0.6 is 0 Å². The average Bonchev–Trinajstić information content (AvgIpc) is 3.34. The molecule has 64 heavy (non-hydrogen) atoms. The van der Waals surface area contributed by atoms with E-state index in [4.69, 9.17) is 0 Å². The topological polar surface area (TPSA) is 32.3 Å². The van der Waals surface area contributed by atoms with Crippen LogP contribution in [0.25, 0.3) is 70.2 Å². The van der Waals surface area contributed by atoms with Crippen molar-refractivity contribution in [1.29, 1.82) is 0 Å². The van der Waals surface area contributed by atoms with Crippen molar-refractivity contribution in [1.82, 2.24) is 9.97 Å². The third-order valence-corrected chi connectivity index (χ3v) is 12.1. The van der Waals surface area contributed by atoms with Gasteiger partial charge in [0.1, 0.15) is 0 Å². The lowest BCUT2D eigenvalue weighted by atomic mass is 9.88. The summed E-state index contributed by atoms with van der Waals surface area (Å²) in [6.07, 6.45) is 35.1. The number of hydrogen-bond donors (Lipinski definition) is 0. The molecule has 0 aliphatic carbocycles. The number of rotatable bonds is 22. The zero-order chi connectivity index (χ0) is 44.4. The van der Waals surface area contributed by atoms with Crippen molar-refractivity contribution >= 4 is 81.5 Å². The molecule has 0 bridgehead atoms. The maximum Gasteiger partial charge on any atom is 0.0366 e. The van der Waals surface area contributed by atoms with Crippen LogP contribution in [0.1, 0.15) is 124 Å². The van der Waals surface area contributed by atoms with Gasteiger partial charge < -0.3 is 9.80 Å². The second kappa shape index (κ2) is 23.8. The number of hydrogen-bond acceptors (Lipinski definition) is 4. The molecule has 0 fully saturated rings. The highest BCUT2D eigenvalue weighted by molar-refractivity contribution is 6.15. The molecule has 0 radical (unpaired) electrons. The molecule has 2 heterocycles. The number of anilines is 2. The Labute approximate surface area is 383 Å². The first kappa shape index (κ1) is 45.5. The lowest BCUT2D eigenvalue weighted by Crippen LogP contribution is -2.25.